The lowest BCUT2D eigenvalue weighted by molar-refractivity contribution is 1.18. The van der Waals surface area contributed by atoms with E-state index in [0.29, 0.717) is 5.56 Å². The molecule has 0 fully saturated rings. The molecule has 0 amide bonds. The van der Waals surface area contributed by atoms with Crippen LogP contribution in [0.1, 0.15) is 5.56 Å². The number of nitrogens with zero attached hydrogens (tertiary/aromatic N) is 3. The van der Waals surface area contributed by atoms with Gasteiger partial charge in [-0.25, -0.2) is 0 Å². The van der Waals surface area contributed by atoms with Crippen LogP contribution in [0.3, 0.4) is 0 Å². The normalized spacial score (nSPS) is 11.6. The highest BCUT2D eigenvalue weighted by Crippen LogP contribution is 2.37. The van der Waals surface area contributed by atoms with Crippen molar-refractivity contribution >= 4 is 54.4 Å². The van der Waals surface area contributed by atoms with E-state index in [-0.39, 0.29) is 0 Å². The van der Waals surface area contributed by atoms with Gasteiger partial charge in [0.15, 0.2) is 0 Å². The summed E-state index contributed by atoms with van der Waals surface area (Å²) in [6.45, 7) is 0. The van der Waals surface area contributed by atoms with E-state index in [4.69, 9.17) is 0 Å². The smallest absolute Gasteiger partial charge is 0.0991 e. The molecule has 0 radical (unpaired) electrons. The first kappa shape index (κ1) is 28.2. The molecule has 232 valence electrons. The van der Waals surface area contributed by atoms with Gasteiger partial charge < -0.3 is 9.13 Å². The minimum Gasteiger partial charge on any atom is -0.309 e. The molecule has 2 heterocycles. The minimum atomic E-state index is 0.672. The van der Waals surface area contributed by atoms with Crippen molar-refractivity contribution in [1.29, 1.82) is 5.26 Å². The summed E-state index contributed by atoms with van der Waals surface area (Å²) in [6.07, 6.45) is 0. The monoisotopic (exact) mass is 635 g/mol. The van der Waals surface area contributed by atoms with Crippen molar-refractivity contribution in [2.75, 3.05) is 0 Å². The molecule has 0 saturated heterocycles. The summed E-state index contributed by atoms with van der Waals surface area (Å²) < 4.78 is 4.67. The molecule has 0 aliphatic carbocycles. The van der Waals surface area contributed by atoms with Crippen molar-refractivity contribution in [2.24, 2.45) is 0 Å². The predicted molar refractivity (Wildman–Crippen MR) is 208 cm³/mol. The summed E-state index contributed by atoms with van der Waals surface area (Å²) in [7, 11) is 0. The van der Waals surface area contributed by atoms with E-state index in [2.05, 4.69) is 179 Å². The number of hydrogen-bond donors (Lipinski definition) is 0. The first-order valence-corrected chi connectivity index (χ1v) is 16.9. The van der Waals surface area contributed by atoms with Crippen LogP contribution in [0.2, 0.25) is 0 Å². The lowest BCUT2D eigenvalue weighted by atomic mass is 10.0. The van der Waals surface area contributed by atoms with Gasteiger partial charge in [0.1, 0.15) is 0 Å². The Labute approximate surface area is 289 Å². The third kappa shape index (κ3) is 4.36. The van der Waals surface area contributed by atoms with Crippen molar-refractivity contribution < 1.29 is 0 Å². The van der Waals surface area contributed by atoms with Gasteiger partial charge in [0.25, 0.3) is 0 Å². The van der Waals surface area contributed by atoms with Crippen LogP contribution in [0.15, 0.2) is 176 Å². The number of benzene rings is 8. The van der Waals surface area contributed by atoms with Gasteiger partial charge in [-0.3, -0.25) is 0 Å². The summed E-state index contributed by atoms with van der Waals surface area (Å²) in [4.78, 5) is 0. The molecule has 3 heteroatoms. The van der Waals surface area contributed by atoms with Crippen LogP contribution < -0.4 is 0 Å². The Hall–Kier alpha value is -6.89. The SMILES string of the molecule is N#Cc1ccc2c(c1)c1ccccc1n2-c1ccc(-c2ccc3c(c2)c2ccccc2n3-c2ccc(-c3ccc4ccccc4c3)cc2)cc1. The highest BCUT2D eigenvalue weighted by Gasteiger charge is 2.15. The van der Waals surface area contributed by atoms with Gasteiger partial charge in [0.2, 0.25) is 0 Å². The molecule has 10 aromatic rings. The Morgan fingerprint density at radius 2 is 0.800 bits per heavy atom. The Balaban J connectivity index is 1.04. The maximum atomic E-state index is 9.53. The molecule has 3 nitrogen and oxygen atoms in total. The van der Waals surface area contributed by atoms with Crippen molar-refractivity contribution in [2.45, 2.75) is 0 Å². The molecule has 0 unspecified atom stereocenters. The Morgan fingerprint density at radius 3 is 1.42 bits per heavy atom. The van der Waals surface area contributed by atoms with Gasteiger partial charge in [-0.15, -0.1) is 0 Å². The van der Waals surface area contributed by atoms with Crippen LogP contribution in [0, 0.1) is 11.3 Å². The van der Waals surface area contributed by atoms with Crippen LogP contribution in [0.25, 0.3) is 88.0 Å². The lowest BCUT2D eigenvalue weighted by Crippen LogP contribution is -1.94. The van der Waals surface area contributed by atoms with Gasteiger partial charge >= 0.3 is 0 Å². The zero-order chi connectivity index (χ0) is 33.2. The van der Waals surface area contributed by atoms with Crippen LogP contribution >= 0.6 is 0 Å². The van der Waals surface area contributed by atoms with E-state index in [1.54, 1.807) is 0 Å². The van der Waals surface area contributed by atoms with Crippen molar-refractivity contribution in [3.63, 3.8) is 0 Å². The second-order valence-electron chi connectivity index (χ2n) is 12.9. The summed E-state index contributed by atoms with van der Waals surface area (Å²) in [6, 6.07) is 65.1. The molecular formula is C47H29N3. The fourth-order valence-electron chi connectivity index (χ4n) is 7.73. The Kier molecular flexibility index (Phi) is 6.24. The number of fused-ring (bicyclic) bond motifs is 7. The number of nitriles is 1. The molecule has 2 aromatic heterocycles. The number of aromatic nitrogens is 2. The maximum absolute atomic E-state index is 9.53. The van der Waals surface area contributed by atoms with Crippen molar-refractivity contribution in [3.05, 3.63) is 181 Å². The molecule has 10 rings (SSSR count). The average Bonchev–Trinajstić information content (AvgIpc) is 3.70. The van der Waals surface area contributed by atoms with E-state index in [1.165, 1.54) is 54.8 Å². The van der Waals surface area contributed by atoms with Crippen molar-refractivity contribution in [1.82, 2.24) is 9.13 Å². The van der Waals surface area contributed by atoms with Crippen LogP contribution in [0.5, 0.6) is 0 Å². The summed E-state index contributed by atoms with van der Waals surface area (Å²) in [5.41, 5.74) is 12.3. The lowest BCUT2D eigenvalue weighted by Gasteiger charge is -2.11. The van der Waals surface area contributed by atoms with Crippen LogP contribution in [0.4, 0.5) is 0 Å². The molecule has 50 heavy (non-hydrogen) atoms. The fourth-order valence-corrected chi connectivity index (χ4v) is 7.73. The van der Waals surface area contributed by atoms with E-state index in [9.17, 15) is 5.26 Å². The molecule has 8 aromatic carbocycles. The molecule has 0 bridgehead atoms. The minimum absolute atomic E-state index is 0.672. The zero-order valence-electron chi connectivity index (χ0n) is 27.1. The third-order valence-corrected chi connectivity index (χ3v) is 10.1. The summed E-state index contributed by atoms with van der Waals surface area (Å²) in [5.74, 6) is 0. The largest absolute Gasteiger partial charge is 0.309 e. The van der Waals surface area contributed by atoms with Gasteiger partial charge in [-0.05, 0) is 106 Å². The van der Waals surface area contributed by atoms with E-state index in [0.717, 1.165) is 33.2 Å². The number of para-hydroxylation sites is 2. The predicted octanol–water partition coefficient (Wildman–Crippen LogP) is 12.2. The first-order chi connectivity index (χ1) is 24.7. The number of hydrogen-bond acceptors (Lipinski definition) is 1. The second-order valence-corrected chi connectivity index (χ2v) is 12.9. The third-order valence-electron chi connectivity index (χ3n) is 10.1. The quantitative estimate of drug-likeness (QED) is 0.189. The Morgan fingerprint density at radius 1 is 0.340 bits per heavy atom. The standard InChI is InChI=1S/C47H29N3/c48-30-31-13-25-46-42(27-31)40-9-3-5-11-44(40)49(46)38-23-18-34(19-24-38)37-20-26-47-43(29-37)41-10-4-6-12-45(41)50(47)39-21-16-33(17-22-39)36-15-14-32-7-1-2-8-35(32)28-36/h1-29H. The second kappa shape index (κ2) is 11.1. The van der Waals surface area contributed by atoms with Crippen LogP contribution in [-0.4, -0.2) is 9.13 Å². The number of rotatable bonds is 4. The molecule has 0 aliphatic rings. The average molecular weight is 636 g/mol. The van der Waals surface area contributed by atoms with Gasteiger partial charge in [-0.1, -0.05) is 103 Å². The topological polar surface area (TPSA) is 33.6 Å². The molecule has 0 atom stereocenters. The molecule has 0 spiro atoms. The summed E-state index contributed by atoms with van der Waals surface area (Å²) >= 11 is 0. The summed E-state index contributed by atoms with van der Waals surface area (Å²) in [5, 5.41) is 16.8. The van der Waals surface area contributed by atoms with Crippen molar-refractivity contribution in [3.8, 4) is 39.7 Å². The van der Waals surface area contributed by atoms with Crippen LogP contribution in [-0.2, 0) is 0 Å². The molecule has 0 saturated carbocycles. The molecular weight excluding hydrogens is 607 g/mol. The highest BCUT2D eigenvalue weighted by atomic mass is 15.0. The first-order valence-electron chi connectivity index (χ1n) is 16.9. The fraction of sp³-hybridized carbons (Fsp3) is 0. The maximum Gasteiger partial charge on any atom is 0.0991 e. The van der Waals surface area contributed by atoms with E-state index < -0.39 is 0 Å². The van der Waals surface area contributed by atoms with Gasteiger partial charge in [0, 0.05) is 32.9 Å². The van der Waals surface area contributed by atoms with Gasteiger partial charge in [0.05, 0.1) is 33.7 Å². The highest BCUT2D eigenvalue weighted by molar-refractivity contribution is 6.11. The van der Waals surface area contributed by atoms with E-state index >= 15 is 0 Å². The molecule has 0 N–H and O–H groups in total. The van der Waals surface area contributed by atoms with Gasteiger partial charge in [-0.2, -0.15) is 5.26 Å². The Bertz CT molecular complexity index is 2970. The zero-order valence-corrected chi connectivity index (χ0v) is 27.1. The molecule has 0 aliphatic heterocycles. The van der Waals surface area contributed by atoms with E-state index in [1.807, 2.05) is 12.1 Å².